The van der Waals surface area contributed by atoms with Crippen molar-refractivity contribution in [3.8, 4) is 5.75 Å². The van der Waals surface area contributed by atoms with Gasteiger partial charge in [-0.05, 0) is 71.5 Å². The molecular formula is C17H17FINO2. The van der Waals surface area contributed by atoms with Crippen LogP contribution in [0.2, 0.25) is 0 Å². The molecule has 0 heterocycles. The van der Waals surface area contributed by atoms with Crippen molar-refractivity contribution >= 4 is 28.5 Å². The second-order valence-corrected chi connectivity index (χ2v) is 6.03. The molecule has 0 aromatic heterocycles. The first-order valence-electron chi connectivity index (χ1n) is 6.99. The number of carbonyl (C=O) groups is 1. The Bertz CT molecular complexity index is 631. The highest BCUT2D eigenvalue weighted by Crippen LogP contribution is 2.14. The van der Waals surface area contributed by atoms with Crippen molar-refractivity contribution in [1.29, 1.82) is 0 Å². The van der Waals surface area contributed by atoms with Crippen molar-refractivity contribution in [3.05, 3.63) is 63.5 Å². The maximum Gasteiger partial charge on any atom is 0.260 e. The molecule has 0 unspecified atom stereocenters. The van der Waals surface area contributed by atoms with E-state index in [-0.39, 0.29) is 18.3 Å². The number of amides is 1. The zero-order chi connectivity index (χ0) is 15.9. The summed E-state index contributed by atoms with van der Waals surface area (Å²) in [6, 6.07) is 13.8. The second-order valence-electron chi connectivity index (χ2n) is 4.78. The van der Waals surface area contributed by atoms with Crippen LogP contribution in [-0.4, -0.2) is 24.0 Å². The molecule has 2 aromatic carbocycles. The standard InChI is InChI=1S/C17H17FINO2/c1-2-20(11-13-4-3-5-14(18)10-13)17(21)12-22-16-8-6-15(19)7-9-16/h3-10H,2,11-12H2,1H3. The molecule has 0 saturated carbocycles. The molecule has 1 amide bonds. The molecule has 0 spiro atoms. The molecule has 3 nitrogen and oxygen atoms in total. The predicted octanol–water partition coefficient (Wildman–Crippen LogP) is 3.86. The van der Waals surface area contributed by atoms with Gasteiger partial charge in [-0.2, -0.15) is 0 Å². The van der Waals surface area contributed by atoms with Crippen LogP contribution < -0.4 is 4.74 Å². The molecule has 2 rings (SSSR count). The highest BCUT2D eigenvalue weighted by Gasteiger charge is 2.13. The van der Waals surface area contributed by atoms with E-state index < -0.39 is 0 Å². The molecule has 0 bridgehead atoms. The fourth-order valence-electron chi connectivity index (χ4n) is 2.00. The summed E-state index contributed by atoms with van der Waals surface area (Å²) < 4.78 is 19.8. The van der Waals surface area contributed by atoms with Crippen LogP contribution in [0.25, 0.3) is 0 Å². The number of benzene rings is 2. The Morgan fingerprint density at radius 2 is 1.95 bits per heavy atom. The van der Waals surface area contributed by atoms with Crippen molar-refractivity contribution < 1.29 is 13.9 Å². The Balaban J connectivity index is 1.92. The van der Waals surface area contributed by atoms with Gasteiger partial charge in [-0.3, -0.25) is 4.79 Å². The van der Waals surface area contributed by atoms with Gasteiger partial charge >= 0.3 is 0 Å². The van der Waals surface area contributed by atoms with Crippen molar-refractivity contribution in [2.75, 3.05) is 13.2 Å². The molecule has 22 heavy (non-hydrogen) atoms. The highest BCUT2D eigenvalue weighted by molar-refractivity contribution is 14.1. The Labute approximate surface area is 143 Å². The summed E-state index contributed by atoms with van der Waals surface area (Å²) in [5.74, 6) is 0.247. The maximum atomic E-state index is 13.2. The minimum Gasteiger partial charge on any atom is -0.484 e. The molecule has 0 aliphatic rings. The zero-order valence-electron chi connectivity index (χ0n) is 12.3. The van der Waals surface area contributed by atoms with Gasteiger partial charge in [0.1, 0.15) is 11.6 Å². The van der Waals surface area contributed by atoms with Crippen LogP contribution in [-0.2, 0) is 11.3 Å². The lowest BCUT2D eigenvalue weighted by atomic mass is 10.2. The first kappa shape index (κ1) is 16.7. The molecule has 0 radical (unpaired) electrons. The van der Waals surface area contributed by atoms with Gasteiger partial charge in [-0.15, -0.1) is 0 Å². The predicted molar refractivity (Wildman–Crippen MR) is 92.1 cm³/mol. The lowest BCUT2D eigenvalue weighted by Gasteiger charge is -2.21. The quantitative estimate of drug-likeness (QED) is 0.674. The first-order chi connectivity index (χ1) is 10.6. The van der Waals surface area contributed by atoms with Crippen molar-refractivity contribution in [1.82, 2.24) is 4.90 Å². The van der Waals surface area contributed by atoms with E-state index in [9.17, 15) is 9.18 Å². The van der Waals surface area contributed by atoms with E-state index in [1.807, 2.05) is 31.2 Å². The summed E-state index contributed by atoms with van der Waals surface area (Å²) in [7, 11) is 0. The number of likely N-dealkylation sites (N-methyl/N-ethyl adjacent to an activating group) is 1. The third kappa shape index (κ3) is 4.98. The molecule has 0 aliphatic heterocycles. The van der Waals surface area contributed by atoms with E-state index in [0.717, 1.165) is 9.13 Å². The lowest BCUT2D eigenvalue weighted by Crippen LogP contribution is -2.34. The third-order valence-corrected chi connectivity index (χ3v) is 3.89. The number of ether oxygens (including phenoxy) is 1. The minimum atomic E-state index is -0.295. The minimum absolute atomic E-state index is 0.0241. The van der Waals surface area contributed by atoms with Gasteiger partial charge < -0.3 is 9.64 Å². The molecule has 0 atom stereocenters. The van der Waals surface area contributed by atoms with Crippen LogP contribution >= 0.6 is 22.6 Å². The highest BCUT2D eigenvalue weighted by atomic mass is 127. The topological polar surface area (TPSA) is 29.5 Å². The van der Waals surface area contributed by atoms with Gasteiger partial charge in [0.25, 0.3) is 5.91 Å². The van der Waals surface area contributed by atoms with E-state index in [2.05, 4.69) is 22.6 Å². The molecule has 116 valence electrons. The van der Waals surface area contributed by atoms with Crippen LogP contribution in [0.4, 0.5) is 4.39 Å². The summed E-state index contributed by atoms with van der Waals surface area (Å²) in [5, 5.41) is 0. The Morgan fingerprint density at radius 1 is 1.23 bits per heavy atom. The normalized spacial score (nSPS) is 10.3. The number of hydrogen-bond acceptors (Lipinski definition) is 2. The van der Waals surface area contributed by atoms with Crippen LogP contribution in [0, 0.1) is 9.39 Å². The fourth-order valence-corrected chi connectivity index (χ4v) is 2.36. The SMILES string of the molecule is CCN(Cc1cccc(F)c1)C(=O)COc1ccc(I)cc1. The summed E-state index contributed by atoms with van der Waals surface area (Å²) in [6.07, 6.45) is 0. The molecule has 0 fully saturated rings. The van der Waals surface area contributed by atoms with Gasteiger partial charge in [-0.1, -0.05) is 12.1 Å². The largest absolute Gasteiger partial charge is 0.484 e. The Hall–Kier alpha value is -1.63. The molecule has 5 heteroatoms. The van der Waals surface area contributed by atoms with Crippen LogP contribution in [0.15, 0.2) is 48.5 Å². The van der Waals surface area contributed by atoms with E-state index in [0.29, 0.717) is 18.8 Å². The zero-order valence-corrected chi connectivity index (χ0v) is 14.4. The van der Waals surface area contributed by atoms with Gasteiger partial charge in [0.05, 0.1) is 0 Å². The monoisotopic (exact) mass is 413 g/mol. The second kappa shape index (κ2) is 8.12. The number of halogens is 2. The summed E-state index contributed by atoms with van der Waals surface area (Å²) in [5.41, 5.74) is 0.768. The van der Waals surface area contributed by atoms with Crippen LogP contribution in [0.3, 0.4) is 0 Å². The van der Waals surface area contributed by atoms with Gasteiger partial charge in [-0.25, -0.2) is 4.39 Å². The maximum absolute atomic E-state index is 13.2. The van der Waals surface area contributed by atoms with E-state index in [1.54, 1.807) is 17.0 Å². The number of nitrogens with zero attached hydrogens (tertiary/aromatic N) is 1. The van der Waals surface area contributed by atoms with Crippen LogP contribution in [0.1, 0.15) is 12.5 Å². The average Bonchev–Trinajstić information content (AvgIpc) is 2.52. The molecular weight excluding hydrogens is 396 g/mol. The smallest absolute Gasteiger partial charge is 0.260 e. The van der Waals surface area contributed by atoms with Crippen molar-refractivity contribution in [3.63, 3.8) is 0 Å². The van der Waals surface area contributed by atoms with Gasteiger partial charge in [0, 0.05) is 16.7 Å². The summed E-state index contributed by atoms with van der Waals surface area (Å²) >= 11 is 2.21. The summed E-state index contributed by atoms with van der Waals surface area (Å²) in [6.45, 7) is 2.79. The lowest BCUT2D eigenvalue weighted by molar-refractivity contribution is -0.133. The number of rotatable bonds is 6. The molecule has 0 saturated heterocycles. The molecule has 0 aliphatic carbocycles. The van der Waals surface area contributed by atoms with Crippen molar-refractivity contribution in [2.24, 2.45) is 0 Å². The van der Waals surface area contributed by atoms with E-state index >= 15 is 0 Å². The van der Waals surface area contributed by atoms with Gasteiger partial charge in [0.15, 0.2) is 6.61 Å². The average molecular weight is 413 g/mol. The summed E-state index contributed by atoms with van der Waals surface area (Å²) in [4.78, 5) is 13.8. The van der Waals surface area contributed by atoms with Crippen LogP contribution in [0.5, 0.6) is 5.75 Å². The number of carbonyl (C=O) groups excluding carboxylic acids is 1. The first-order valence-corrected chi connectivity index (χ1v) is 8.07. The van der Waals surface area contributed by atoms with E-state index in [1.165, 1.54) is 12.1 Å². The Kier molecular flexibility index (Phi) is 6.18. The Morgan fingerprint density at radius 3 is 2.59 bits per heavy atom. The van der Waals surface area contributed by atoms with Crippen molar-refractivity contribution in [2.45, 2.75) is 13.5 Å². The third-order valence-electron chi connectivity index (χ3n) is 3.17. The fraction of sp³-hybridized carbons (Fsp3) is 0.235. The molecule has 0 N–H and O–H groups in total. The number of hydrogen-bond donors (Lipinski definition) is 0. The van der Waals surface area contributed by atoms with Gasteiger partial charge in [0.2, 0.25) is 0 Å². The van der Waals surface area contributed by atoms with E-state index in [4.69, 9.17) is 4.74 Å². The molecule has 2 aromatic rings.